The Morgan fingerprint density at radius 2 is 1.79 bits per heavy atom. The van der Waals surface area contributed by atoms with Gasteiger partial charge in [-0.3, -0.25) is 4.79 Å². The molecule has 0 aliphatic carbocycles. The molecule has 1 aliphatic heterocycles. The van der Waals surface area contributed by atoms with E-state index in [9.17, 15) is 23.1 Å². The summed E-state index contributed by atoms with van der Waals surface area (Å²) in [6, 6.07) is 15.9. The number of aryl methyl sites for hydroxylation is 2. The lowest BCUT2D eigenvalue weighted by atomic mass is 9.96. The molecule has 0 fully saturated rings. The standard InChI is InChI=1S/C21H21F3N2O2/c1-15-10-12-17(13-11-15)20(28)14-18(21(22,23)24)25-26(20)19(27)9-5-8-16-6-3-2-4-7-16/h2-4,6-7,10-13,28H,5,8-9,14H2,1H3/t20-/m1/s1. The minimum Gasteiger partial charge on any atom is -0.365 e. The molecule has 7 heteroatoms. The molecule has 1 atom stereocenters. The van der Waals surface area contributed by atoms with Crippen LogP contribution in [0.5, 0.6) is 0 Å². The molecule has 4 nitrogen and oxygen atoms in total. The van der Waals surface area contributed by atoms with Crippen LogP contribution in [0.2, 0.25) is 0 Å². The van der Waals surface area contributed by atoms with Crippen LogP contribution in [-0.2, 0) is 16.9 Å². The second-order valence-corrected chi connectivity index (χ2v) is 6.95. The van der Waals surface area contributed by atoms with Crippen LogP contribution in [0.1, 0.15) is 36.0 Å². The van der Waals surface area contributed by atoms with Gasteiger partial charge in [-0.15, -0.1) is 0 Å². The van der Waals surface area contributed by atoms with E-state index in [1.807, 2.05) is 37.3 Å². The molecular formula is C21H21F3N2O2. The van der Waals surface area contributed by atoms with Crippen molar-refractivity contribution in [2.24, 2.45) is 5.10 Å². The van der Waals surface area contributed by atoms with E-state index in [4.69, 9.17) is 0 Å². The number of halogens is 3. The van der Waals surface area contributed by atoms with Crippen molar-refractivity contribution in [3.63, 3.8) is 0 Å². The lowest BCUT2D eigenvalue weighted by molar-refractivity contribution is -0.158. The zero-order valence-electron chi connectivity index (χ0n) is 15.4. The topological polar surface area (TPSA) is 52.9 Å². The molecule has 0 unspecified atom stereocenters. The normalized spacial score (nSPS) is 19.6. The highest BCUT2D eigenvalue weighted by Crippen LogP contribution is 2.40. The molecule has 0 radical (unpaired) electrons. The molecule has 148 valence electrons. The summed E-state index contributed by atoms with van der Waals surface area (Å²) in [6.45, 7) is 1.83. The number of amides is 1. The number of nitrogens with zero attached hydrogens (tertiary/aromatic N) is 2. The number of rotatable bonds is 5. The zero-order chi connectivity index (χ0) is 20.4. The number of hydrogen-bond donors (Lipinski definition) is 1. The van der Waals surface area contributed by atoms with Gasteiger partial charge in [0.05, 0.1) is 6.42 Å². The Morgan fingerprint density at radius 1 is 1.14 bits per heavy atom. The number of alkyl halides is 3. The molecule has 2 aromatic carbocycles. The van der Waals surface area contributed by atoms with Crippen molar-refractivity contribution in [3.8, 4) is 0 Å². The molecule has 0 spiro atoms. The third kappa shape index (κ3) is 4.25. The molecular weight excluding hydrogens is 369 g/mol. The van der Waals surface area contributed by atoms with Crippen LogP contribution in [0, 0.1) is 6.92 Å². The minimum absolute atomic E-state index is 0.0162. The molecule has 0 saturated heterocycles. The highest BCUT2D eigenvalue weighted by Gasteiger charge is 2.52. The fraction of sp³-hybridized carbons (Fsp3) is 0.333. The SMILES string of the molecule is Cc1ccc([C@]2(O)CC(C(F)(F)F)=NN2C(=O)CCCc2ccccc2)cc1. The quantitative estimate of drug-likeness (QED) is 0.827. The smallest absolute Gasteiger partial charge is 0.365 e. The Morgan fingerprint density at radius 3 is 2.39 bits per heavy atom. The predicted octanol–water partition coefficient (Wildman–Crippen LogP) is 4.31. The van der Waals surface area contributed by atoms with E-state index in [2.05, 4.69) is 5.10 Å². The molecule has 0 saturated carbocycles. The third-order valence-electron chi connectivity index (χ3n) is 4.76. The monoisotopic (exact) mass is 390 g/mol. The number of carbonyl (C=O) groups excluding carboxylic acids is 1. The Bertz CT molecular complexity index is 863. The lowest BCUT2D eigenvalue weighted by Crippen LogP contribution is -2.43. The fourth-order valence-electron chi connectivity index (χ4n) is 3.21. The van der Waals surface area contributed by atoms with Gasteiger partial charge in [-0.1, -0.05) is 60.2 Å². The van der Waals surface area contributed by atoms with E-state index in [0.29, 0.717) is 17.9 Å². The van der Waals surface area contributed by atoms with Crippen LogP contribution in [0.3, 0.4) is 0 Å². The molecule has 2 aromatic rings. The molecule has 0 aromatic heterocycles. The van der Waals surface area contributed by atoms with E-state index in [-0.39, 0.29) is 12.0 Å². The number of hydrogen-bond acceptors (Lipinski definition) is 3. The summed E-state index contributed by atoms with van der Waals surface area (Å²) in [5.74, 6) is -0.641. The minimum atomic E-state index is -4.71. The van der Waals surface area contributed by atoms with Crippen LogP contribution in [0.4, 0.5) is 13.2 Å². The number of aliphatic hydroxyl groups is 1. The lowest BCUT2D eigenvalue weighted by Gasteiger charge is -2.31. The highest BCUT2D eigenvalue weighted by molar-refractivity contribution is 5.94. The summed E-state index contributed by atoms with van der Waals surface area (Å²) >= 11 is 0. The molecule has 3 rings (SSSR count). The van der Waals surface area contributed by atoms with Gasteiger partial charge in [0.15, 0.2) is 5.72 Å². The van der Waals surface area contributed by atoms with Crippen molar-refractivity contribution in [2.75, 3.05) is 0 Å². The molecule has 1 amide bonds. The summed E-state index contributed by atoms with van der Waals surface area (Å²) in [5, 5.41) is 15.1. The highest BCUT2D eigenvalue weighted by atomic mass is 19.4. The van der Waals surface area contributed by atoms with Crippen molar-refractivity contribution in [1.29, 1.82) is 0 Å². The summed E-state index contributed by atoms with van der Waals surface area (Å²) in [5.41, 5.74) is -1.17. The second kappa shape index (κ2) is 7.75. The number of carbonyl (C=O) groups is 1. The maximum atomic E-state index is 13.2. The number of benzene rings is 2. The predicted molar refractivity (Wildman–Crippen MR) is 99.4 cm³/mol. The van der Waals surface area contributed by atoms with Crippen LogP contribution in [0.15, 0.2) is 59.7 Å². The third-order valence-corrected chi connectivity index (χ3v) is 4.76. The van der Waals surface area contributed by atoms with Gasteiger partial charge in [-0.2, -0.15) is 23.3 Å². The van der Waals surface area contributed by atoms with Crippen molar-refractivity contribution >= 4 is 11.6 Å². The summed E-state index contributed by atoms with van der Waals surface area (Å²) < 4.78 is 39.6. The van der Waals surface area contributed by atoms with Gasteiger partial charge in [0, 0.05) is 12.0 Å². The molecule has 28 heavy (non-hydrogen) atoms. The van der Waals surface area contributed by atoms with E-state index in [1.165, 1.54) is 12.1 Å². The van der Waals surface area contributed by atoms with Gasteiger partial charge in [0.2, 0.25) is 5.91 Å². The molecule has 1 aliphatic rings. The first-order chi connectivity index (χ1) is 13.2. The largest absolute Gasteiger partial charge is 0.431 e. The number of hydrazone groups is 1. The van der Waals surface area contributed by atoms with E-state index >= 15 is 0 Å². The second-order valence-electron chi connectivity index (χ2n) is 6.95. The van der Waals surface area contributed by atoms with Gasteiger partial charge in [0.1, 0.15) is 5.71 Å². The molecule has 1 heterocycles. The maximum absolute atomic E-state index is 13.2. The summed E-state index contributed by atoms with van der Waals surface area (Å²) in [7, 11) is 0. The average molecular weight is 390 g/mol. The van der Waals surface area contributed by atoms with Crippen LogP contribution in [0.25, 0.3) is 0 Å². The Hall–Kier alpha value is -2.67. The average Bonchev–Trinajstić information content (AvgIpc) is 3.02. The molecule has 0 bridgehead atoms. The maximum Gasteiger partial charge on any atom is 0.431 e. The summed E-state index contributed by atoms with van der Waals surface area (Å²) in [6.07, 6.45) is -4.46. The Labute approximate surface area is 161 Å². The first-order valence-corrected chi connectivity index (χ1v) is 9.01. The van der Waals surface area contributed by atoms with E-state index in [1.54, 1.807) is 12.1 Å². The van der Waals surface area contributed by atoms with Crippen LogP contribution < -0.4 is 0 Å². The van der Waals surface area contributed by atoms with Crippen molar-refractivity contribution < 1.29 is 23.1 Å². The Kier molecular flexibility index (Phi) is 5.56. The van der Waals surface area contributed by atoms with Gasteiger partial charge < -0.3 is 5.11 Å². The van der Waals surface area contributed by atoms with E-state index < -0.39 is 29.9 Å². The first kappa shape index (κ1) is 20.1. The van der Waals surface area contributed by atoms with Crippen LogP contribution >= 0.6 is 0 Å². The fourth-order valence-corrected chi connectivity index (χ4v) is 3.21. The van der Waals surface area contributed by atoms with Crippen molar-refractivity contribution in [2.45, 2.75) is 44.5 Å². The van der Waals surface area contributed by atoms with Crippen LogP contribution in [-0.4, -0.2) is 27.9 Å². The molecule has 1 N–H and O–H groups in total. The van der Waals surface area contributed by atoms with Crippen molar-refractivity contribution in [1.82, 2.24) is 5.01 Å². The Balaban J connectivity index is 1.80. The van der Waals surface area contributed by atoms with Crippen molar-refractivity contribution in [3.05, 3.63) is 71.3 Å². The first-order valence-electron chi connectivity index (χ1n) is 9.01. The van der Waals surface area contributed by atoms with Gasteiger partial charge in [-0.05, 0) is 25.3 Å². The van der Waals surface area contributed by atoms with E-state index in [0.717, 1.165) is 11.1 Å². The van der Waals surface area contributed by atoms with Gasteiger partial charge >= 0.3 is 6.18 Å². The van der Waals surface area contributed by atoms with Gasteiger partial charge in [0.25, 0.3) is 0 Å². The van der Waals surface area contributed by atoms with Gasteiger partial charge in [-0.25, -0.2) is 0 Å². The zero-order valence-corrected chi connectivity index (χ0v) is 15.4. The summed E-state index contributed by atoms with van der Waals surface area (Å²) in [4.78, 5) is 12.7.